The van der Waals surface area contributed by atoms with E-state index in [4.69, 9.17) is 17.3 Å². The molecule has 0 radical (unpaired) electrons. The summed E-state index contributed by atoms with van der Waals surface area (Å²) in [6.07, 6.45) is 5.91. The van der Waals surface area contributed by atoms with Gasteiger partial charge in [0.2, 0.25) is 0 Å². The van der Waals surface area contributed by atoms with Gasteiger partial charge in [0.1, 0.15) is 0 Å². The van der Waals surface area contributed by atoms with Crippen LogP contribution in [-0.2, 0) is 0 Å². The monoisotopic (exact) mass is 308 g/mol. The minimum absolute atomic E-state index is 0.251. The number of piperidine rings is 1. The summed E-state index contributed by atoms with van der Waals surface area (Å²) in [6.45, 7) is 1.93. The van der Waals surface area contributed by atoms with Crippen molar-refractivity contribution in [1.29, 1.82) is 0 Å². The van der Waals surface area contributed by atoms with E-state index in [1.54, 1.807) is 0 Å². The van der Waals surface area contributed by atoms with E-state index in [1.807, 2.05) is 30.6 Å². The zero-order valence-corrected chi connectivity index (χ0v) is 12.6. The lowest BCUT2D eigenvalue weighted by atomic mass is 10.1. The van der Waals surface area contributed by atoms with Crippen molar-refractivity contribution in [3.63, 3.8) is 0 Å². The maximum absolute atomic E-state index is 6.08. The van der Waals surface area contributed by atoms with Crippen LogP contribution in [0.5, 0.6) is 0 Å². The Kier molecular flexibility index (Phi) is 4.10. The van der Waals surface area contributed by atoms with Crippen molar-refractivity contribution in [3.05, 3.63) is 34.9 Å². The van der Waals surface area contributed by atoms with Gasteiger partial charge in [-0.3, -0.25) is 4.98 Å². The first-order valence-electron chi connectivity index (χ1n) is 6.69. The zero-order valence-electron chi connectivity index (χ0n) is 11.1. The number of anilines is 3. The molecule has 4 nitrogen and oxygen atoms in total. The Morgan fingerprint density at radius 2 is 2.30 bits per heavy atom. The number of thiophene rings is 1. The molecule has 3 heterocycles. The molecule has 106 valence electrons. The molecule has 2 aromatic heterocycles. The molecule has 0 saturated carbocycles. The average Bonchev–Trinajstić information content (AvgIpc) is 2.85. The number of rotatable bonds is 3. The van der Waals surface area contributed by atoms with Crippen LogP contribution in [0.3, 0.4) is 0 Å². The number of hydrogen-bond acceptors (Lipinski definition) is 5. The zero-order chi connectivity index (χ0) is 13.9. The van der Waals surface area contributed by atoms with Gasteiger partial charge in [0, 0.05) is 25.3 Å². The summed E-state index contributed by atoms with van der Waals surface area (Å²) in [5.74, 6) is 0. The maximum Gasteiger partial charge on any atom is 0.0950 e. The number of hydrogen-bond donors (Lipinski definition) is 2. The van der Waals surface area contributed by atoms with Gasteiger partial charge >= 0.3 is 0 Å². The topological polar surface area (TPSA) is 54.2 Å². The third-order valence-electron chi connectivity index (χ3n) is 3.43. The highest BCUT2D eigenvalue weighted by Gasteiger charge is 2.19. The Bertz CT molecular complexity index is 586. The fourth-order valence-electron chi connectivity index (χ4n) is 2.50. The molecule has 6 heteroatoms. The second-order valence-corrected chi connectivity index (χ2v) is 6.68. The third kappa shape index (κ3) is 3.06. The molecule has 0 bridgehead atoms. The quantitative estimate of drug-likeness (QED) is 0.911. The van der Waals surface area contributed by atoms with Crippen LogP contribution in [0.25, 0.3) is 0 Å². The van der Waals surface area contributed by atoms with Gasteiger partial charge in [0.05, 0.1) is 26.9 Å². The van der Waals surface area contributed by atoms with Crippen LogP contribution < -0.4 is 16.0 Å². The van der Waals surface area contributed by atoms with Gasteiger partial charge in [-0.15, -0.1) is 11.3 Å². The number of nitrogens with two attached hydrogens (primary N) is 1. The normalized spacial score (nSPS) is 19.1. The van der Waals surface area contributed by atoms with Crippen molar-refractivity contribution in [2.75, 3.05) is 23.3 Å². The number of pyridine rings is 1. The van der Waals surface area contributed by atoms with Crippen LogP contribution >= 0.6 is 22.9 Å². The van der Waals surface area contributed by atoms with E-state index < -0.39 is 0 Å². The smallest absolute Gasteiger partial charge is 0.0950 e. The maximum atomic E-state index is 6.08. The summed E-state index contributed by atoms with van der Waals surface area (Å²) in [5, 5.41) is 4.41. The molecule has 1 aliphatic rings. The summed E-state index contributed by atoms with van der Waals surface area (Å²) >= 11 is 7.49. The summed E-state index contributed by atoms with van der Waals surface area (Å²) in [5.41, 5.74) is 8.23. The molecule has 0 aromatic carbocycles. The van der Waals surface area contributed by atoms with Gasteiger partial charge in [-0.1, -0.05) is 11.6 Å². The molecule has 0 aliphatic carbocycles. The first-order valence-corrected chi connectivity index (χ1v) is 7.89. The van der Waals surface area contributed by atoms with Crippen molar-refractivity contribution < 1.29 is 0 Å². The number of nitrogens with one attached hydrogen (secondary N) is 1. The molecule has 3 N–H and O–H groups in total. The Hall–Kier alpha value is -1.30. The number of aromatic nitrogens is 1. The first kappa shape index (κ1) is 13.7. The molecule has 0 amide bonds. The van der Waals surface area contributed by atoms with Crippen molar-refractivity contribution in [1.82, 2.24) is 4.98 Å². The van der Waals surface area contributed by atoms with Gasteiger partial charge in [-0.25, -0.2) is 0 Å². The molecule has 1 unspecified atom stereocenters. The third-order valence-corrected chi connectivity index (χ3v) is 4.57. The molecule has 1 fully saturated rings. The first-order chi connectivity index (χ1) is 9.72. The molecule has 20 heavy (non-hydrogen) atoms. The Labute approximate surface area is 127 Å². The minimum atomic E-state index is 0.251. The molecule has 0 spiro atoms. The molecule has 1 aliphatic heterocycles. The van der Waals surface area contributed by atoms with Gasteiger partial charge in [-0.2, -0.15) is 0 Å². The summed E-state index contributed by atoms with van der Waals surface area (Å²) in [7, 11) is 0. The molecule has 1 saturated heterocycles. The van der Waals surface area contributed by atoms with Crippen LogP contribution in [0.1, 0.15) is 12.8 Å². The highest BCUT2D eigenvalue weighted by molar-refractivity contribution is 7.19. The Balaban J connectivity index is 1.84. The van der Waals surface area contributed by atoms with Crippen LogP contribution in [0.4, 0.5) is 16.4 Å². The van der Waals surface area contributed by atoms with Gasteiger partial charge in [-0.05, 0) is 31.0 Å². The second-order valence-electron chi connectivity index (χ2n) is 4.97. The van der Waals surface area contributed by atoms with E-state index in [0.29, 0.717) is 0 Å². The average molecular weight is 309 g/mol. The Morgan fingerprint density at radius 1 is 1.40 bits per heavy atom. The van der Waals surface area contributed by atoms with E-state index >= 15 is 0 Å². The molecular formula is C14H17ClN4S. The second kappa shape index (κ2) is 5.99. The van der Waals surface area contributed by atoms with Crippen LogP contribution in [0, 0.1) is 0 Å². The van der Waals surface area contributed by atoms with Crippen LogP contribution in [0.15, 0.2) is 30.6 Å². The van der Waals surface area contributed by atoms with Crippen molar-refractivity contribution in [3.8, 4) is 0 Å². The molecule has 3 rings (SSSR count). The summed E-state index contributed by atoms with van der Waals surface area (Å²) in [4.78, 5) is 6.54. The van der Waals surface area contributed by atoms with E-state index in [2.05, 4.69) is 15.2 Å². The summed E-state index contributed by atoms with van der Waals surface area (Å²) < 4.78 is 0.776. The fraction of sp³-hybridized carbons (Fsp3) is 0.357. The number of halogens is 1. The van der Waals surface area contributed by atoms with E-state index in [0.717, 1.165) is 46.6 Å². The van der Waals surface area contributed by atoms with Crippen LogP contribution in [-0.4, -0.2) is 24.1 Å². The Morgan fingerprint density at radius 3 is 3.05 bits per heavy atom. The lowest BCUT2D eigenvalue weighted by Gasteiger charge is -2.33. The SMILES string of the molecule is NC1CCCN(c2ccncc2Nc2ccc(Cl)s2)C1. The predicted molar refractivity (Wildman–Crippen MR) is 86.3 cm³/mol. The molecule has 1 atom stereocenters. The lowest BCUT2D eigenvalue weighted by Crippen LogP contribution is -2.43. The van der Waals surface area contributed by atoms with Gasteiger partial charge in [0.15, 0.2) is 0 Å². The van der Waals surface area contributed by atoms with Gasteiger partial charge in [0.25, 0.3) is 0 Å². The van der Waals surface area contributed by atoms with E-state index in [9.17, 15) is 0 Å². The number of nitrogens with zero attached hydrogens (tertiary/aromatic N) is 2. The lowest BCUT2D eigenvalue weighted by molar-refractivity contribution is 0.506. The van der Waals surface area contributed by atoms with Crippen molar-refractivity contribution >= 4 is 39.3 Å². The van der Waals surface area contributed by atoms with Crippen molar-refractivity contribution in [2.45, 2.75) is 18.9 Å². The molecule has 2 aromatic rings. The highest BCUT2D eigenvalue weighted by Crippen LogP contribution is 2.33. The largest absolute Gasteiger partial charge is 0.368 e. The predicted octanol–water partition coefficient (Wildman–Crippen LogP) is 3.47. The molecular weight excluding hydrogens is 292 g/mol. The van der Waals surface area contributed by atoms with E-state index in [-0.39, 0.29) is 6.04 Å². The summed E-state index contributed by atoms with van der Waals surface area (Å²) in [6, 6.07) is 6.16. The minimum Gasteiger partial charge on any atom is -0.368 e. The van der Waals surface area contributed by atoms with Crippen LogP contribution in [0.2, 0.25) is 4.34 Å². The highest BCUT2D eigenvalue weighted by atomic mass is 35.5. The van der Waals surface area contributed by atoms with E-state index in [1.165, 1.54) is 11.3 Å². The standard InChI is InChI=1S/C14H17ClN4S/c15-13-3-4-14(20-13)18-11-8-17-6-5-12(11)19-7-1-2-10(16)9-19/h3-6,8,10,18H,1-2,7,9,16H2. The van der Waals surface area contributed by atoms with Gasteiger partial charge < -0.3 is 16.0 Å². The fourth-order valence-corrected chi connectivity index (χ4v) is 3.46. The van der Waals surface area contributed by atoms with Crippen molar-refractivity contribution in [2.24, 2.45) is 5.73 Å².